The number of carbonyl (C=O) groups excluding carboxylic acids is 1. The minimum Gasteiger partial charge on any atom is -0.444 e. The Morgan fingerprint density at radius 3 is 2.50 bits per heavy atom. The highest BCUT2D eigenvalue weighted by Gasteiger charge is 2.20. The predicted molar refractivity (Wildman–Crippen MR) is 78.9 cm³/mol. The smallest absolute Gasteiger partial charge is 0.408 e. The van der Waals surface area contributed by atoms with Crippen LogP contribution in [0.15, 0.2) is 0 Å². The third kappa shape index (κ3) is 9.62. The lowest BCUT2D eigenvalue weighted by molar-refractivity contribution is 0.0515. The van der Waals surface area contributed by atoms with Crippen molar-refractivity contribution in [3.63, 3.8) is 0 Å². The van der Waals surface area contributed by atoms with Crippen LogP contribution in [0.4, 0.5) is 4.79 Å². The van der Waals surface area contributed by atoms with Crippen LogP contribution >= 0.6 is 0 Å². The fraction of sp³-hybridized carbons (Fsp3) is 0.846. The van der Waals surface area contributed by atoms with Gasteiger partial charge in [-0.25, -0.2) is 9.00 Å². The van der Waals surface area contributed by atoms with Crippen LogP contribution in [0.2, 0.25) is 0 Å². The van der Waals surface area contributed by atoms with Gasteiger partial charge in [0.25, 0.3) is 0 Å². The van der Waals surface area contributed by atoms with E-state index in [0.717, 1.165) is 12.8 Å². The van der Waals surface area contributed by atoms with Gasteiger partial charge in [-0.15, -0.1) is 0 Å². The van der Waals surface area contributed by atoms with E-state index in [4.69, 9.17) is 14.8 Å². The first-order valence-electron chi connectivity index (χ1n) is 6.73. The van der Waals surface area contributed by atoms with Crippen molar-refractivity contribution in [2.24, 2.45) is 0 Å². The van der Waals surface area contributed by atoms with Crippen LogP contribution in [0.25, 0.3) is 0 Å². The van der Waals surface area contributed by atoms with E-state index in [1.165, 1.54) is 0 Å². The summed E-state index contributed by atoms with van der Waals surface area (Å²) in [6.07, 6.45) is 1.14. The first-order valence-corrected chi connectivity index (χ1v) is 8.62. The zero-order valence-corrected chi connectivity index (χ0v) is 13.5. The molecule has 0 fully saturated rings. The molecule has 0 aliphatic carbocycles. The van der Waals surface area contributed by atoms with Crippen LogP contribution in [0.3, 0.4) is 0 Å². The third-order valence-corrected chi connectivity index (χ3v) is 4.25. The van der Waals surface area contributed by atoms with Crippen molar-refractivity contribution in [2.45, 2.75) is 58.6 Å². The Hall–Kier alpha value is -1.29. The lowest BCUT2D eigenvalue weighted by atomic mass is 10.2. The van der Waals surface area contributed by atoms with Gasteiger partial charge in [0.1, 0.15) is 11.6 Å². The highest BCUT2D eigenvalue weighted by Crippen LogP contribution is 2.08. The molecular formula is C13H25N3O3S. The summed E-state index contributed by atoms with van der Waals surface area (Å²) in [7, 11) is -2.66. The van der Waals surface area contributed by atoms with Crippen molar-refractivity contribution < 1.29 is 13.7 Å². The van der Waals surface area contributed by atoms with Gasteiger partial charge < -0.3 is 10.1 Å². The molecule has 1 unspecified atom stereocenters. The number of ether oxygens (including phenoxy) is 1. The Kier molecular flexibility index (Phi) is 7.58. The molecule has 0 saturated heterocycles. The van der Waals surface area contributed by atoms with Crippen molar-refractivity contribution in [1.29, 1.82) is 10.0 Å². The van der Waals surface area contributed by atoms with Gasteiger partial charge in [0, 0.05) is 21.2 Å². The van der Waals surface area contributed by atoms with Crippen molar-refractivity contribution in [3.8, 4) is 6.07 Å². The number of nitrogens with one attached hydrogen (secondary N) is 2. The average molecular weight is 303 g/mol. The van der Waals surface area contributed by atoms with E-state index < -0.39 is 27.5 Å². The molecule has 6 nitrogen and oxygen atoms in total. The lowest BCUT2D eigenvalue weighted by Crippen LogP contribution is -2.39. The van der Waals surface area contributed by atoms with Crippen molar-refractivity contribution in [2.75, 3.05) is 11.5 Å². The van der Waals surface area contributed by atoms with Crippen LogP contribution in [0, 0.1) is 16.1 Å². The number of rotatable bonds is 7. The molecule has 0 heterocycles. The van der Waals surface area contributed by atoms with E-state index in [0.29, 0.717) is 5.75 Å². The molecule has 116 valence electrons. The fourth-order valence-corrected chi connectivity index (χ4v) is 2.98. The summed E-state index contributed by atoms with van der Waals surface area (Å²) in [4.78, 5) is 11.5. The van der Waals surface area contributed by atoms with E-state index >= 15 is 0 Å². The second-order valence-electron chi connectivity index (χ2n) is 5.69. The summed E-state index contributed by atoms with van der Waals surface area (Å²) in [5, 5.41) is 11.4. The molecule has 0 aromatic carbocycles. The molecule has 20 heavy (non-hydrogen) atoms. The minimum absolute atomic E-state index is 0.112. The highest BCUT2D eigenvalue weighted by molar-refractivity contribution is 7.92. The molecule has 0 aromatic rings. The summed E-state index contributed by atoms with van der Waals surface area (Å²) in [6, 6.07) is 1.15. The van der Waals surface area contributed by atoms with Gasteiger partial charge in [0.05, 0.1) is 6.07 Å². The van der Waals surface area contributed by atoms with Gasteiger partial charge in [0.15, 0.2) is 0 Å². The first-order chi connectivity index (χ1) is 9.09. The standard InChI is InChI=1S/C13H25N3O3S/c1-5-6-8-20(15,18)9-7-11(10-14)16-12(17)19-13(2,3)4/h11,15H,5-9H2,1-4H3,(H,16,17)/t11-,20?/m0/s1. The average Bonchev–Trinajstić information content (AvgIpc) is 2.29. The minimum atomic E-state index is -2.66. The van der Waals surface area contributed by atoms with Crippen LogP contribution in [-0.2, 0) is 14.5 Å². The Balaban J connectivity index is 4.31. The Bertz CT molecular complexity index is 446. The fourth-order valence-electron chi connectivity index (χ4n) is 1.41. The molecule has 0 saturated carbocycles. The quantitative estimate of drug-likeness (QED) is 0.754. The molecule has 0 aromatic heterocycles. The van der Waals surface area contributed by atoms with E-state index in [1.54, 1.807) is 20.8 Å². The number of amides is 1. The van der Waals surface area contributed by atoms with Crippen LogP contribution in [0.1, 0.15) is 47.0 Å². The molecule has 0 rings (SSSR count). The summed E-state index contributed by atoms with van der Waals surface area (Å²) in [5.41, 5.74) is -0.631. The first kappa shape index (κ1) is 18.7. The lowest BCUT2D eigenvalue weighted by Gasteiger charge is -2.21. The summed E-state index contributed by atoms with van der Waals surface area (Å²) in [6.45, 7) is 7.16. The number of nitrogens with zero attached hydrogens (tertiary/aromatic N) is 1. The van der Waals surface area contributed by atoms with Gasteiger partial charge in [-0.05, 0) is 33.6 Å². The molecule has 2 N–H and O–H groups in total. The maximum Gasteiger partial charge on any atom is 0.408 e. The van der Waals surface area contributed by atoms with Gasteiger partial charge in [-0.2, -0.15) is 5.26 Å². The number of unbranched alkanes of at least 4 members (excludes halogenated alkanes) is 1. The monoisotopic (exact) mass is 303 g/mol. The number of hydrogen-bond donors (Lipinski definition) is 2. The highest BCUT2D eigenvalue weighted by atomic mass is 32.2. The molecule has 2 atom stereocenters. The summed E-state index contributed by atoms with van der Waals surface area (Å²) in [5.74, 6) is 0.453. The van der Waals surface area contributed by atoms with E-state index in [9.17, 15) is 9.00 Å². The summed E-state index contributed by atoms with van der Waals surface area (Å²) >= 11 is 0. The summed E-state index contributed by atoms with van der Waals surface area (Å²) < 4.78 is 24.6. The van der Waals surface area contributed by atoms with Crippen LogP contribution in [-0.4, -0.2) is 33.5 Å². The maximum absolute atomic E-state index is 11.9. The number of alkyl carbamates (subject to hydrolysis) is 1. The van der Waals surface area contributed by atoms with Crippen molar-refractivity contribution in [3.05, 3.63) is 0 Å². The van der Waals surface area contributed by atoms with Gasteiger partial charge >= 0.3 is 6.09 Å². The number of nitriles is 1. The molecule has 0 spiro atoms. The van der Waals surface area contributed by atoms with Crippen LogP contribution < -0.4 is 5.32 Å². The Morgan fingerprint density at radius 1 is 1.45 bits per heavy atom. The van der Waals surface area contributed by atoms with Gasteiger partial charge in [-0.3, -0.25) is 4.78 Å². The molecule has 7 heteroatoms. The second-order valence-corrected chi connectivity index (χ2v) is 8.13. The Morgan fingerprint density at radius 2 is 2.05 bits per heavy atom. The van der Waals surface area contributed by atoms with E-state index in [2.05, 4.69) is 5.32 Å². The maximum atomic E-state index is 11.9. The topological polar surface area (TPSA) is 103 Å². The largest absolute Gasteiger partial charge is 0.444 e. The number of carbonyl (C=O) groups is 1. The molecular weight excluding hydrogens is 278 g/mol. The van der Waals surface area contributed by atoms with Crippen molar-refractivity contribution in [1.82, 2.24) is 5.32 Å². The zero-order chi connectivity index (χ0) is 15.8. The van der Waals surface area contributed by atoms with Gasteiger partial charge in [0.2, 0.25) is 0 Å². The molecule has 0 aliphatic rings. The van der Waals surface area contributed by atoms with Gasteiger partial charge in [-0.1, -0.05) is 13.3 Å². The van der Waals surface area contributed by atoms with E-state index in [-0.39, 0.29) is 12.2 Å². The zero-order valence-electron chi connectivity index (χ0n) is 12.7. The molecule has 0 aliphatic heterocycles. The van der Waals surface area contributed by atoms with E-state index in [1.807, 2.05) is 13.0 Å². The normalized spacial score (nSPS) is 15.8. The SMILES string of the molecule is CCCCS(=N)(=O)CC[C@@H](C#N)NC(=O)OC(C)(C)C. The third-order valence-electron chi connectivity index (χ3n) is 2.41. The molecule has 1 amide bonds. The second kappa shape index (κ2) is 8.10. The Labute approximate surface area is 121 Å². The predicted octanol–water partition coefficient (Wildman–Crippen LogP) is 2.64. The molecule has 0 bridgehead atoms. The molecule has 0 radical (unpaired) electrons. The number of hydrogen-bond acceptors (Lipinski definition) is 5. The van der Waals surface area contributed by atoms with Crippen molar-refractivity contribution >= 4 is 15.8 Å². The van der Waals surface area contributed by atoms with Crippen LogP contribution in [0.5, 0.6) is 0 Å².